The predicted molar refractivity (Wildman–Crippen MR) is 120 cm³/mol. The van der Waals surface area contributed by atoms with Crippen LogP contribution in [0.3, 0.4) is 0 Å². The van der Waals surface area contributed by atoms with Gasteiger partial charge in [0, 0.05) is 12.1 Å². The van der Waals surface area contributed by atoms with Crippen LogP contribution in [0.5, 0.6) is 0 Å². The van der Waals surface area contributed by atoms with Gasteiger partial charge in [-0.25, -0.2) is 0 Å². The molecule has 2 heterocycles. The summed E-state index contributed by atoms with van der Waals surface area (Å²) in [7, 11) is 0. The number of nitrogens with one attached hydrogen (secondary N) is 1. The van der Waals surface area contributed by atoms with Crippen molar-refractivity contribution in [2.75, 3.05) is 0 Å². The summed E-state index contributed by atoms with van der Waals surface area (Å²) < 4.78 is 7.43. The zero-order valence-electron chi connectivity index (χ0n) is 17.3. The van der Waals surface area contributed by atoms with Crippen LogP contribution in [0.25, 0.3) is 12.2 Å². The number of benzene rings is 1. The molecule has 0 radical (unpaired) electrons. The van der Waals surface area contributed by atoms with E-state index in [1.807, 2.05) is 31.2 Å². The molecule has 160 valence electrons. The van der Waals surface area contributed by atoms with E-state index in [0.717, 1.165) is 36.8 Å². The fourth-order valence-electron chi connectivity index (χ4n) is 3.70. The first kappa shape index (κ1) is 21.1. The first-order valence-corrected chi connectivity index (χ1v) is 11.2. The number of nitrogens with zero attached hydrogens (tertiary/aromatic N) is 1. The normalized spacial score (nSPS) is 15.5. The van der Waals surface area contributed by atoms with Crippen LogP contribution in [-0.2, 0) is 11.3 Å². The molecule has 0 bridgehead atoms. The number of Topliss-reactive ketones (excluding diaryl/α,β-unsaturated/α-hetero) is 1. The highest BCUT2D eigenvalue weighted by molar-refractivity contribution is 7.07. The lowest BCUT2D eigenvalue weighted by Crippen LogP contribution is -2.41. The Hall–Kier alpha value is -3.19. The second kappa shape index (κ2) is 9.31. The summed E-state index contributed by atoms with van der Waals surface area (Å²) >= 11 is 1.19. The number of thiazole rings is 1. The molecule has 1 aromatic carbocycles. The Bertz CT molecular complexity index is 1240. The van der Waals surface area contributed by atoms with Crippen LogP contribution in [0.15, 0.2) is 51.9 Å². The van der Waals surface area contributed by atoms with Gasteiger partial charge in [0.2, 0.25) is 11.7 Å². The number of amides is 1. The van der Waals surface area contributed by atoms with Gasteiger partial charge in [-0.1, -0.05) is 42.7 Å². The highest BCUT2D eigenvalue weighted by Gasteiger charge is 2.18. The van der Waals surface area contributed by atoms with Crippen LogP contribution in [0, 0.1) is 6.92 Å². The van der Waals surface area contributed by atoms with Crippen molar-refractivity contribution in [1.82, 2.24) is 9.88 Å². The maximum atomic E-state index is 13.1. The number of ketones is 1. The number of hydrogen-bond donors (Lipinski definition) is 1. The van der Waals surface area contributed by atoms with Crippen molar-refractivity contribution in [1.29, 1.82) is 0 Å². The van der Waals surface area contributed by atoms with Crippen molar-refractivity contribution in [3.05, 3.63) is 79.1 Å². The standard InChI is InChI=1S/C24H24N2O4S/c1-16-8-10-17(11-9-16)13-21-24(29)26(15-22(28)25-18-5-2-3-6-18)23(31-21)14-19(27)20-7-4-12-30-20/h4,7-14,18H,2-3,5-6,15H2,1H3,(H,25,28)/b21-13-,23-14-. The topological polar surface area (TPSA) is 81.3 Å². The molecular weight excluding hydrogens is 412 g/mol. The quantitative estimate of drug-likeness (QED) is 0.602. The first-order chi connectivity index (χ1) is 15.0. The van der Waals surface area contributed by atoms with Crippen molar-refractivity contribution in [2.24, 2.45) is 0 Å². The lowest BCUT2D eigenvalue weighted by atomic mass is 10.1. The molecule has 1 saturated carbocycles. The van der Waals surface area contributed by atoms with E-state index in [9.17, 15) is 14.4 Å². The largest absolute Gasteiger partial charge is 0.461 e. The van der Waals surface area contributed by atoms with Gasteiger partial charge in [0.1, 0.15) is 11.2 Å². The molecule has 6 nitrogen and oxygen atoms in total. The van der Waals surface area contributed by atoms with E-state index in [1.165, 1.54) is 28.2 Å². The Kier molecular flexibility index (Phi) is 6.32. The molecule has 3 aromatic rings. The molecule has 1 aliphatic carbocycles. The highest BCUT2D eigenvalue weighted by Crippen LogP contribution is 2.17. The summed E-state index contributed by atoms with van der Waals surface area (Å²) in [4.78, 5) is 38.2. The Morgan fingerprint density at radius 1 is 1.19 bits per heavy atom. The number of furan rings is 1. The summed E-state index contributed by atoms with van der Waals surface area (Å²) in [5, 5.41) is 3.01. The maximum absolute atomic E-state index is 13.1. The van der Waals surface area contributed by atoms with E-state index in [0.29, 0.717) is 9.20 Å². The van der Waals surface area contributed by atoms with Crippen LogP contribution >= 0.6 is 11.3 Å². The van der Waals surface area contributed by atoms with Crippen molar-refractivity contribution in [2.45, 2.75) is 45.2 Å². The molecule has 0 atom stereocenters. The van der Waals surface area contributed by atoms with Gasteiger partial charge in [0.15, 0.2) is 5.76 Å². The molecule has 0 spiro atoms. The van der Waals surface area contributed by atoms with Crippen molar-refractivity contribution in [3.8, 4) is 0 Å². The number of hydrogen-bond acceptors (Lipinski definition) is 5. The fraction of sp³-hybridized carbons (Fsp3) is 0.292. The Balaban J connectivity index is 1.72. The third-order valence-electron chi connectivity index (χ3n) is 5.35. The monoisotopic (exact) mass is 436 g/mol. The average molecular weight is 437 g/mol. The van der Waals surface area contributed by atoms with Crippen LogP contribution in [0.1, 0.15) is 47.4 Å². The molecule has 7 heteroatoms. The summed E-state index contributed by atoms with van der Waals surface area (Å²) in [6.07, 6.45) is 8.71. The van der Waals surface area contributed by atoms with Crippen LogP contribution < -0.4 is 20.1 Å². The molecule has 4 rings (SSSR count). The van der Waals surface area contributed by atoms with Gasteiger partial charge in [-0.2, -0.15) is 0 Å². The summed E-state index contributed by atoms with van der Waals surface area (Å²) in [5.41, 5.74) is 1.73. The summed E-state index contributed by atoms with van der Waals surface area (Å²) in [5.74, 6) is -0.376. The molecule has 0 aliphatic heterocycles. The van der Waals surface area contributed by atoms with E-state index in [2.05, 4.69) is 5.32 Å². The number of carbonyl (C=O) groups is 2. The van der Waals surface area contributed by atoms with Crippen molar-refractivity contribution in [3.63, 3.8) is 0 Å². The molecule has 0 unspecified atom stereocenters. The molecular formula is C24H24N2O4S. The zero-order valence-corrected chi connectivity index (χ0v) is 18.1. The van der Waals surface area contributed by atoms with Crippen LogP contribution in [0.4, 0.5) is 0 Å². The zero-order chi connectivity index (χ0) is 21.8. The van der Waals surface area contributed by atoms with E-state index in [4.69, 9.17) is 4.42 Å². The van der Waals surface area contributed by atoms with Gasteiger partial charge < -0.3 is 9.73 Å². The predicted octanol–water partition coefficient (Wildman–Crippen LogP) is 2.36. The third-order valence-corrected chi connectivity index (χ3v) is 6.41. The minimum atomic E-state index is -0.349. The van der Waals surface area contributed by atoms with Gasteiger partial charge in [0.05, 0.1) is 10.8 Å². The Labute approximate surface area is 183 Å². The maximum Gasteiger partial charge on any atom is 0.269 e. The van der Waals surface area contributed by atoms with E-state index >= 15 is 0 Å². The second-order valence-electron chi connectivity index (χ2n) is 7.79. The van der Waals surface area contributed by atoms with Crippen molar-refractivity contribution >= 4 is 35.2 Å². The highest BCUT2D eigenvalue weighted by atomic mass is 32.1. The fourth-order valence-corrected chi connectivity index (χ4v) is 4.74. The van der Waals surface area contributed by atoms with Gasteiger partial charge in [-0.05, 0) is 43.5 Å². The number of aryl methyl sites for hydroxylation is 1. The van der Waals surface area contributed by atoms with Crippen LogP contribution in [0.2, 0.25) is 0 Å². The van der Waals surface area contributed by atoms with Gasteiger partial charge >= 0.3 is 0 Å². The molecule has 1 aliphatic rings. The molecule has 1 fully saturated rings. The number of carbonyl (C=O) groups excluding carboxylic acids is 2. The molecule has 31 heavy (non-hydrogen) atoms. The van der Waals surface area contributed by atoms with Gasteiger partial charge in [-0.3, -0.25) is 19.0 Å². The van der Waals surface area contributed by atoms with Crippen molar-refractivity contribution < 1.29 is 14.0 Å². The van der Waals surface area contributed by atoms with E-state index < -0.39 is 0 Å². The van der Waals surface area contributed by atoms with E-state index in [-0.39, 0.29) is 35.6 Å². The Morgan fingerprint density at radius 2 is 1.94 bits per heavy atom. The SMILES string of the molecule is Cc1ccc(/C=c2\s/c(=C\C(=O)c3ccco3)n(CC(=O)NC3CCCC3)c2=O)cc1. The Morgan fingerprint density at radius 3 is 2.61 bits per heavy atom. The number of rotatable bonds is 6. The summed E-state index contributed by atoms with van der Waals surface area (Å²) in [6, 6.07) is 11.2. The second-order valence-corrected chi connectivity index (χ2v) is 8.85. The lowest BCUT2D eigenvalue weighted by molar-refractivity contribution is -0.122. The smallest absolute Gasteiger partial charge is 0.269 e. The third kappa shape index (κ3) is 5.11. The van der Waals surface area contributed by atoms with Gasteiger partial charge in [-0.15, -0.1) is 11.3 Å². The first-order valence-electron chi connectivity index (χ1n) is 10.4. The van der Waals surface area contributed by atoms with E-state index in [1.54, 1.807) is 18.2 Å². The molecule has 1 amide bonds. The minimum absolute atomic E-state index is 0.120. The summed E-state index contributed by atoms with van der Waals surface area (Å²) in [6.45, 7) is 1.88. The molecule has 2 aromatic heterocycles. The lowest BCUT2D eigenvalue weighted by Gasteiger charge is -2.11. The van der Waals surface area contributed by atoms with Gasteiger partial charge in [0.25, 0.3) is 5.56 Å². The minimum Gasteiger partial charge on any atom is -0.461 e. The molecule has 0 saturated heterocycles. The number of aromatic nitrogens is 1. The average Bonchev–Trinajstić information content (AvgIpc) is 3.50. The molecule has 1 N–H and O–H groups in total. The van der Waals surface area contributed by atoms with Crippen LogP contribution in [-0.4, -0.2) is 22.3 Å².